The maximum atomic E-state index is 12.7. The maximum absolute atomic E-state index is 12.7. The van der Waals surface area contributed by atoms with E-state index in [0.29, 0.717) is 0 Å². The zero-order valence-corrected chi connectivity index (χ0v) is 7.87. The molecule has 1 atom stereocenters. The van der Waals surface area contributed by atoms with Crippen LogP contribution in [0.2, 0.25) is 0 Å². The molecular formula is C8H8F2N2O3. The van der Waals surface area contributed by atoms with Gasteiger partial charge in [-0.3, -0.25) is 0 Å². The fourth-order valence-corrected chi connectivity index (χ4v) is 1.28. The number of nitrogens with zero attached hydrogens (tertiary/aromatic N) is 2. The zero-order valence-electron chi connectivity index (χ0n) is 7.87. The van der Waals surface area contributed by atoms with Crippen molar-refractivity contribution in [1.82, 2.24) is 10.3 Å². The Morgan fingerprint density at radius 2 is 2.33 bits per heavy atom. The average Bonchev–Trinajstić information content (AvgIpc) is 2.65. The van der Waals surface area contributed by atoms with Crippen LogP contribution in [0.15, 0.2) is 4.63 Å². The summed E-state index contributed by atoms with van der Waals surface area (Å²) < 4.78 is 34.4. The van der Waals surface area contributed by atoms with E-state index in [0.717, 1.165) is 0 Å². The number of carbonyl (C=O) groups is 1. The summed E-state index contributed by atoms with van der Waals surface area (Å²) in [7, 11) is 0. The van der Waals surface area contributed by atoms with E-state index in [1.165, 1.54) is 0 Å². The van der Waals surface area contributed by atoms with Gasteiger partial charge in [-0.2, -0.15) is 0 Å². The van der Waals surface area contributed by atoms with Crippen LogP contribution in [-0.4, -0.2) is 28.8 Å². The minimum atomic E-state index is -2.81. The molecule has 1 saturated carbocycles. The summed E-state index contributed by atoms with van der Waals surface area (Å²) in [6, 6.07) is 0. The summed E-state index contributed by atoms with van der Waals surface area (Å²) in [4.78, 5) is 11.2. The minimum absolute atomic E-state index is 0.113. The van der Waals surface area contributed by atoms with Crippen molar-refractivity contribution in [2.75, 3.05) is 6.61 Å². The zero-order chi connectivity index (χ0) is 11.1. The molecule has 1 aromatic heterocycles. The van der Waals surface area contributed by atoms with Crippen molar-refractivity contribution in [3.8, 4) is 0 Å². The van der Waals surface area contributed by atoms with Crippen molar-refractivity contribution in [2.45, 2.75) is 25.2 Å². The van der Waals surface area contributed by atoms with Crippen LogP contribution in [0.4, 0.5) is 8.78 Å². The Kier molecular flexibility index (Phi) is 2.17. The second kappa shape index (κ2) is 3.25. The SMILES string of the molecule is CCOC(=O)c1nonc1C1CC1(F)F. The normalized spacial score (nSPS) is 22.5. The molecule has 1 unspecified atom stereocenters. The molecule has 0 saturated heterocycles. The van der Waals surface area contributed by atoms with Crippen molar-refractivity contribution in [2.24, 2.45) is 0 Å². The molecule has 0 radical (unpaired) electrons. The van der Waals surface area contributed by atoms with E-state index < -0.39 is 17.8 Å². The molecule has 0 aliphatic heterocycles. The monoisotopic (exact) mass is 218 g/mol. The molecule has 0 aromatic carbocycles. The van der Waals surface area contributed by atoms with Gasteiger partial charge in [0, 0.05) is 6.42 Å². The van der Waals surface area contributed by atoms with Crippen molar-refractivity contribution in [3.05, 3.63) is 11.4 Å². The van der Waals surface area contributed by atoms with E-state index >= 15 is 0 Å². The Hall–Kier alpha value is -1.53. The van der Waals surface area contributed by atoms with Crippen molar-refractivity contribution < 1.29 is 22.9 Å². The predicted molar refractivity (Wildman–Crippen MR) is 42.6 cm³/mol. The van der Waals surface area contributed by atoms with Crippen LogP contribution in [0.3, 0.4) is 0 Å². The Labute approximate surface area is 83.4 Å². The third kappa shape index (κ3) is 1.69. The highest BCUT2D eigenvalue weighted by Gasteiger charge is 2.60. The standard InChI is InChI=1S/C8H8F2N2O3/c1-2-14-7(13)6-5(11-15-12-6)4-3-8(4,9)10/h4H,2-3H2,1H3. The number of ether oxygens (including phenoxy) is 1. The Balaban J connectivity index is 2.20. The molecule has 0 amide bonds. The molecule has 0 N–H and O–H groups in total. The van der Waals surface area contributed by atoms with Crippen LogP contribution in [0, 0.1) is 0 Å². The lowest BCUT2D eigenvalue weighted by molar-refractivity contribution is 0.0512. The van der Waals surface area contributed by atoms with Gasteiger partial charge in [-0.05, 0) is 12.1 Å². The molecule has 2 rings (SSSR count). The summed E-state index contributed by atoms with van der Waals surface area (Å²) in [6.45, 7) is 1.75. The number of alkyl halides is 2. The predicted octanol–water partition coefficient (Wildman–Crippen LogP) is 1.37. The lowest BCUT2D eigenvalue weighted by Gasteiger charge is -1.98. The van der Waals surface area contributed by atoms with Crippen molar-refractivity contribution >= 4 is 5.97 Å². The molecule has 1 aromatic rings. The van der Waals surface area contributed by atoms with Gasteiger partial charge in [0.1, 0.15) is 5.69 Å². The number of hydrogen-bond acceptors (Lipinski definition) is 5. The fraction of sp³-hybridized carbons (Fsp3) is 0.625. The van der Waals surface area contributed by atoms with Gasteiger partial charge in [-0.25, -0.2) is 18.2 Å². The Morgan fingerprint density at radius 1 is 1.67 bits per heavy atom. The first kappa shape index (κ1) is 10.0. The molecule has 0 bridgehead atoms. The fourth-order valence-electron chi connectivity index (χ4n) is 1.28. The number of halogens is 2. The van der Waals surface area contributed by atoms with Crippen LogP contribution in [0.1, 0.15) is 35.4 Å². The second-order valence-corrected chi connectivity index (χ2v) is 3.24. The molecular weight excluding hydrogens is 210 g/mol. The highest BCUT2D eigenvalue weighted by atomic mass is 19.3. The topological polar surface area (TPSA) is 65.2 Å². The summed E-state index contributed by atoms with van der Waals surface area (Å²) in [5.74, 6) is -4.65. The van der Waals surface area contributed by atoms with E-state index in [1.54, 1.807) is 6.92 Å². The minimum Gasteiger partial charge on any atom is -0.461 e. The first-order valence-electron chi connectivity index (χ1n) is 4.43. The summed E-state index contributed by atoms with van der Waals surface area (Å²) in [6.07, 6.45) is -0.326. The van der Waals surface area contributed by atoms with Crippen LogP contribution in [-0.2, 0) is 4.74 Å². The van der Waals surface area contributed by atoms with Gasteiger partial charge in [-0.15, -0.1) is 0 Å². The first-order chi connectivity index (χ1) is 7.06. The molecule has 7 heteroatoms. The molecule has 5 nitrogen and oxygen atoms in total. The summed E-state index contributed by atoms with van der Waals surface area (Å²) in [5.41, 5.74) is -0.363. The van der Waals surface area contributed by atoms with Crippen molar-refractivity contribution in [1.29, 1.82) is 0 Å². The summed E-state index contributed by atoms with van der Waals surface area (Å²) >= 11 is 0. The Morgan fingerprint density at radius 3 is 2.87 bits per heavy atom. The van der Waals surface area contributed by atoms with E-state index in [2.05, 4.69) is 19.7 Å². The Bertz CT molecular complexity index is 391. The number of aromatic nitrogens is 2. The molecule has 1 aliphatic rings. The molecule has 82 valence electrons. The molecule has 0 spiro atoms. The van der Waals surface area contributed by atoms with Gasteiger partial charge in [-0.1, -0.05) is 5.16 Å². The lowest BCUT2D eigenvalue weighted by atomic mass is 10.2. The van der Waals surface area contributed by atoms with E-state index in [-0.39, 0.29) is 24.4 Å². The third-order valence-corrected chi connectivity index (χ3v) is 2.14. The number of carbonyl (C=O) groups excluding carboxylic acids is 1. The van der Waals surface area contributed by atoms with Gasteiger partial charge < -0.3 is 4.74 Å². The van der Waals surface area contributed by atoms with Crippen LogP contribution in [0.5, 0.6) is 0 Å². The van der Waals surface area contributed by atoms with E-state index in [1.807, 2.05) is 0 Å². The molecule has 1 aliphatic carbocycles. The molecule has 15 heavy (non-hydrogen) atoms. The van der Waals surface area contributed by atoms with Gasteiger partial charge in [0.05, 0.1) is 12.5 Å². The van der Waals surface area contributed by atoms with Gasteiger partial charge in [0.25, 0.3) is 5.92 Å². The summed E-state index contributed by atoms with van der Waals surface area (Å²) in [5, 5.41) is 6.58. The van der Waals surface area contributed by atoms with Crippen LogP contribution < -0.4 is 0 Å². The number of rotatable bonds is 3. The highest BCUT2D eigenvalue weighted by Crippen LogP contribution is 2.55. The largest absolute Gasteiger partial charge is 0.461 e. The first-order valence-corrected chi connectivity index (χ1v) is 4.43. The van der Waals surface area contributed by atoms with E-state index in [9.17, 15) is 13.6 Å². The van der Waals surface area contributed by atoms with Gasteiger partial charge in [0.2, 0.25) is 5.69 Å². The molecule has 1 heterocycles. The smallest absolute Gasteiger partial charge is 0.362 e. The molecule has 1 fully saturated rings. The number of hydrogen-bond donors (Lipinski definition) is 0. The van der Waals surface area contributed by atoms with Crippen LogP contribution >= 0.6 is 0 Å². The highest BCUT2D eigenvalue weighted by molar-refractivity contribution is 5.88. The lowest BCUT2D eigenvalue weighted by Crippen LogP contribution is -2.09. The van der Waals surface area contributed by atoms with Crippen LogP contribution in [0.25, 0.3) is 0 Å². The number of esters is 1. The van der Waals surface area contributed by atoms with Crippen molar-refractivity contribution in [3.63, 3.8) is 0 Å². The van der Waals surface area contributed by atoms with Gasteiger partial charge in [0.15, 0.2) is 0 Å². The maximum Gasteiger partial charge on any atom is 0.362 e. The van der Waals surface area contributed by atoms with Gasteiger partial charge >= 0.3 is 5.97 Å². The second-order valence-electron chi connectivity index (χ2n) is 3.24. The average molecular weight is 218 g/mol. The third-order valence-electron chi connectivity index (χ3n) is 2.14. The van der Waals surface area contributed by atoms with E-state index in [4.69, 9.17) is 0 Å². The quantitative estimate of drug-likeness (QED) is 0.717.